The number of hydrogen-bond acceptors (Lipinski definition) is 5. The topological polar surface area (TPSA) is 87.1 Å². The van der Waals surface area contributed by atoms with E-state index in [4.69, 9.17) is 16.3 Å². The monoisotopic (exact) mass is 477 g/mol. The first-order valence-electron chi connectivity index (χ1n) is 10.8. The Morgan fingerprint density at radius 2 is 1.65 bits per heavy atom. The van der Waals surface area contributed by atoms with E-state index in [1.807, 2.05) is 12.1 Å². The molecule has 3 aromatic rings. The third kappa shape index (κ3) is 4.13. The molecule has 0 aromatic heterocycles. The zero-order valence-electron chi connectivity index (χ0n) is 18.9. The number of benzene rings is 3. The number of halogens is 1. The number of anilines is 1. The van der Waals surface area contributed by atoms with Crippen LogP contribution in [0.4, 0.5) is 5.69 Å². The number of nitrogens with zero attached hydrogens (tertiary/aromatic N) is 1. The number of carbonyl (C=O) groups is 2. The Morgan fingerprint density at radius 3 is 2.21 bits per heavy atom. The predicted molar refractivity (Wildman–Crippen MR) is 131 cm³/mol. The van der Waals surface area contributed by atoms with E-state index < -0.39 is 17.7 Å². The van der Waals surface area contributed by atoms with Gasteiger partial charge in [-0.2, -0.15) is 0 Å². The van der Waals surface area contributed by atoms with E-state index in [9.17, 15) is 19.8 Å². The number of phenols is 1. The maximum atomic E-state index is 13.2. The summed E-state index contributed by atoms with van der Waals surface area (Å²) in [6.45, 7) is 4.13. The average Bonchev–Trinajstić information content (AvgIpc) is 3.09. The number of methoxy groups -OCH3 is 1. The predicted octanol–water partition coefficient (Wildman–Crippen LogP) is 5.80. The Hall–Kier alpha value is -3.77. The number of phenolic OH excluding ortho intramolecular Hbond substituents is 1. The quantitative estimate of drug-likeness (QED) is 0.275. The maximum absolute atomic E-state index is 13.2. The molecule has 2 N–H and O–H groups in total. The Balaban J connectivity index is 1.92. The van der Waals surface area contributed by atoms with Crippen molar-refractivity contribution in [3.8, 4) is 11.5 Å². The van der Waals surface area contributed by atoms with E-state index in [1.54, 1.807) is 48.5 Å². The molecule has 3 aromatic carbocycles. The van der Waals surface area contributed by atoms with Gasteiger partial charge in [-0.1, -0.05) is 43.6 Å². The highest BCUT2D eigenvalue weighted by atomic mass is 35.5. The summed E-state index contributed by atoms with van der Waals surface area (Å²) in [7, 11) is 1.43. The second kappa shape index (κ2) is 9.23. The third-order valence-electron chi connectivity index (χ3n) is 5.92. The lowest BCUT2D eigenvalue weighted by atomic mass is 9.94. The van der Waals surface area contributed by atoms with Crippen LogP contribution in [0.5, 0.6) is 11.5 Å². The number of ketones is 1. The molecule has 0 bridgehead atoms. The fourth-order valence-corrected chi connectivity index (χ4v) is 4.20. The summed E-state index contributed by atoms with van der Waals surface area (Å²) >= 11 is 5.97. The van der Waals surface area contributed by atoms with Crippen LogP contribution >= 0.6 is 11.6 Å². The molecule has 174 valence electrons. The molecular formula is C27H24ClNO5. The Kier molecular flexibility index (Phi) is 6.35. The van der Waals surface area contributed by atoms with E-state index in [2.05, 4.69) is 13.8 Å². The van der Waals surface area contributed by atoms with Crippen molar-refractivity contribution in [2.75, 3.05) is 12.0 Å². The van der Waals surface area contributed by atoms with E-state index in [-0.39, 0.29) is 22.8 Å². The molecule has 1 unspecified atom stereocenters. The molecule has 4 rings (SSSR count). The van der Waals surface area contributed by atoms with Crippen molar-refractivity contribution >= 4 is 34.7 Å². The number of carbonyl (C=O) groups excluding carboxylic acids is 2. The van der Waals surface area contributed by atoms with Crippen LogP contribution in [0.25, 0.3) is 5.76 Å². The van der Waals surface area contributed by atoms with Gasteiger partial charge in [0.1, 0.15) is 5.76 Å². The van der Waals surface area contributed by atoms with Crippen molar-refractivity contribution in [1.82, 2.24) is 0 Å². The molecule has 1 amide bonds. The Morgan fingerprint density at radius 1 is 1.00 bits per heavy atom. The SMILES string of the molecule is COc1ccc(C2/C(=C(/O)c3ccc(Cl)cc3)C(=O)C(=O)N2c2ccc(C(C)C)cc2)cc1O. The van der Waals surface area contributed by atoms with Crippen LogP contribution in [0.3, 0.4) is 0 Å². The number of ether oxygens (including phenoxy) is 1. The van der Waals surface area contributed by atoms with Gasteiger partial charge in [0.25, 0.3) is 11.7 Å². The van der Waals surface area contributed by atoms with Crippen LogP contribution in [-0.4, -0.2) is 29.0 Å². The molecule has 7 heteroatoms. The van der Waals surface area contributed by atoms with Crippen LogP contribution in [0, 0.1) is 0 Å². The normalized spacial score (nSPS) is 17.4. The molecule has 1 heterocycles. The zero-order valence-corrected chi connectivity index (χ0v) is 19.7. The summed E-state index contributed by atoms with van der Waals surface area (Å²) in [6, 6.07) is 17.4. The van der Waals surface area contributed by atoms with E-state index in [0.717, 1.165) is 5.56 Å². The number of aliphatic hydroxyl groups is 1. The smallest absolute Gasteiger partial charge is 0.300 e. The molecule has 0 aliphatic carbocycles. The first-order chi connectivity index (χ1) is 16.2. The minimum absolute atomic E-state index is 0.0789. The highest BCUT2D eigenvalue weighted by Gasteiger charge is 2.47. The first-order valence-corrected chi connectivity index (χ1v) is 11.1. The number of aliphatic hydroxyl groups excluding tert-OH is 1. The summed E-state index contributed by atoms with van der Waals surface area (Å²) < 4.78 is 5.14. The average molecular weight is 478 g/mol. The first kappa shape index (κ1) is 23.4. The summed E-state index contributed by atoms with van der Waals surface area (Å²) in [4.78, 5) is 27.8. The standard InChI is InChI=1S/C27H24ClNO5/c1-15(2)16-6-11-20(12-7-16)29-24(18-8-13-22(34-3)21(30)14-18)23(26(32)27(29)33)25(31)17-4-9-19(28)10-5-17/h4-15,24,30-31H,1-3H3/b25-23-. The molecule has 0 spiro atoms. The molecule has 0 saturated carbocycles. The minimum atomic E-state index is -0.961. The van der Waals surface area contributed by atoms with Gasteiger partial charge >= 0.3 is 0 Å². The third-order valence-corrected chi connectivity index (χ3v) is 6.17. The van der Waals surface area contributed by atoms with Crippen molar-refractivity contribution < 1.29 is 24.5 Å². The van der Waals surface area contributed by atoms with E-state index in [0.29, 0.717) is 27.8 Å². The van der Waals surface area contributed by atoms with Gasteiger partial charge in [0, 0.05) is 16.3 Å². The number of rotatable bonds is 5. The fourth-order valence-electron chi connectivity index (χ4n) is 4.07. The molecule has 1 fully saturated rings. The van der Waals surface area contributed by atoms with Gasteiger partial charge in [0.15, 0.2) is 11.5 Å². The van der Waals surface area contributed by atoms with Crippen molar-refractivity contribution in [2.24, 2.45) is 0 Å². The van der Waals surface area contributed by atoms with Crippen molar-refractivity contribution in [2.45, 2.75) is 25.8 Å². The van der Waals surface area contributed by atoms with Crippen LogP contribution in [-0.2, 0) is 9.59 Å². The molecule has 1 atom stereocenters. The molecule has 0 radical (unpaired) electrons. The number of Topliss-reactive ketones (excluding diaryl/α,β-unsaturated/α-hetero) is 1. The van der Waals surface area contributed by atoms with Crippen LogP contribution in [0.2, 0.25) is 5.02 Å². The molecule has 1 aliphatic rings. The highest BCUT2D eigenvalue weighted by molar-refractivity contribution is 6.51. The molecule has 1 aliphatic heterocycles. The van der Waals surface area contributed by atoms with Gasteiger partial charge in [0.05, 0.1) is 18.7 Å². The number of amides is 1. The molecule has 1 saturated heterocycles. The van der Waals surface area contributed by atoms with Crippen LogP contribution in [0.15, 0.2) is 72.3 Å². The van der Waals surface area contributed by atoms with Crippen molar-refractivity contribution in [1.29, 1.82) is 0 Å². The fraction of sp³-hybridized carbons (Fsp3) is 0.185. The van der Waals surface area contributed by atoms with Crippen molar-refractivity contribution in [3.63, 3.8) is 0 Å². The Bertz CT molecular complexity index is 1280. The summed E-state index contributed by atoms with van der Waals surface area (Å²) in [5.41, 5.74) is 2.30. The van der Waals surface area contributed by atoms with Gasteiger partial charge in [-0.3, -0.25) is 14.5 Å². The lowest BCUT2D eigenvalue weighted by Gasteiger charge is -2.26. The highest BCUT2D eigenvalue weighted by Crippen LogP contribution is 2.44. The van der Waals surface area contributed by atoms with Gasteiger partial charge < -0.3 is 14.9 Å². The van der Waals surface area contributed by atoms with E-state index in [1.165, 1.54) is 18.1 Å². The largest absolute Gasteiger partial charge is 0.507 e. The van der Waals surface area contributed by atoms with Crippen molar-refractivity contribution in [3.05, 3.63) is 94.0 Å². The van der Waals surface area contributed by atoms with Gasteiger partial charge in [-0.05, 0) is 65.6 Å². The lowest BCUT2D eigenvalue weighted by molar-refractivity contribution is -0.132. The maximum Gasteiger partial charge on any atom is 0.300 e. The molecule has 6 nitrogen and oxygen atoms in total. The second-order valence-corrected chi connectivity index (χ2v) is 8.79. The molecule has 34 heavy (non-hydrogen) atoms. The second-order valence-electron chi connectivity index (χ2n) is 8.35. The van der Waals surface area contributed by atoms with Crippen LogP contribution in [0.1, 0.15) is 42.5 Å². The minimum Gasteiger partial charge on any atom is -0.507 e. The van der Waals surface area contributed by atoms with Gasteiger partial charge in [0.2, 0.25) is 0 Å². The number of aromatic hydroxyl groups is 1. The summed E-state index contributed by atoms with van der Waals surface area (Å²) in [5, 5.41) is 22.0. The summed E-state index contributed by atoms with van der Waals surface area (Å²) in [6.07, 6.45) is 0. The van der Waals surface area contributed by atoms with E-state index >= 15 is 0 Å². The molecular weight excluding hydrogens is 454 g/mol. The van der Waals surface area contributed by atoms with Gasteiger partial charge in [-0.25, -0.2) is 0 Å². The zero-order chi connectivity index (χ0) is 24.6. The number of hydrogen-bond donors (Lipinski definition) is 2. The van der Waals surface area contributed by atoms with Crippen LogP contribution < -0.4 is 9.64 Å². The Labute approximate surface area is 202 Å². The lowest BCUT2D eigenvalue weighted by Crippen LogP contribution is -2.29. The van der Waals surface area contributed by atoms with Gasteiger partial charge in [-0.15, -0.1) is 0 Å². The summed E-state index contributed by atoms with van der Waals surface area (Å²) in [5.74, 6) is -1.51.